The summed E-state index contributed by atoms with van der Waals surface area (Å²) in [4.78, 5) is 11.7. The van der Waals surface area contributed by atoms with Gasteiger partial charge in [-0.2, -0.15) is 4.31 Å². The Morgan fingerprint density at radius 3 is 2.53 bits per heavy atom. The van der Waals surface area contributed by atoms with E-state index in [9.17, 15) is 13.2 Å². The zero-order valence-electron chi connectivity index (χ0n) is 10.9. The van der Waals surface area contributed by atoms with Crippen LogP contribution in [0.5, 0.6) is 0 Å². The Bertz CT molecular complexity index is 417. The Hall–Kier alpha value is -0.700. The van der Waals surface area contributed by atoms with Gasteiger partial charge < -0.3 is 14.2 Å². The van der Waals surface area contributed by atoms with Gasteiger partial charge >= 0.3 is 5.97 Å². The molecule has 0 amide bonds. The van der Waals surface area contributed by atoms with Gasteiger partial charge in [-0.3, -0.25) is 4.79 Å². The van der Waals surface area contributed by atoms with E-state index in [4.69, 9.17) is 9.47 Å². The predicted octanol–water partition coefficient (Wildman–Crippen LogP) is -0.631. The molecule has 1 atom stereocenters. The number of carbonyl (C=O) groups excluding carboxylic acids is 1. The third-order valence-corrected chi connectivity index (χ3v) is 5.87. The van der Waals surface area contributed by atoms with E-state index in [1.807, 2.05) is 0 Å². The Kier molecular flexibility index (Phi) is 4.77. The summed E-state index contributed by atoms with van der Waals surface area (Å²) < 4.78 is 41.4. The Morgan fingerprint density at radius 2 is 1.89 bits per heavy atom. The van der Waals surface area contributed by atoms with Gasteiger partial charge in [-0.15, -0.1) is 0 Å². The monoisotopic (exact) mass is 293 g/mol. The van der Waals surface area contributed by atoms with E-state index in [2.05, 4.69) is 4.74 Å². The number of esters is 1. The first kappa shape index (κ1) is 14.7. The van der Waals surface area contributed by atoms with Gasteiger partial charge in [0.1, 0.15) is 6.04 Å². The van der Waals surface area contributed by atoms with E-state index in [1.165, 1.54) is 11.4 Å². The molecule has 110 valence electrons. The first-order valence-electron chi connectivity index (χ1n) is 6.31. The Morgan fingerprint density at radius 1 is 1.21 bits per heavy atom. The van der Waals surface area contributed by atoms with E-state index < -0.39 is 27.3 Å². The highest BCUT2D eigenvalue weighted by atomic mass is 32.2. The van der Waals surface area contributed by atoms with Gasteiger partial charge in [0.05, 0.1) is 25.6 Å². The number of rotatable bonds is 3. The van der Waals surface area contributed by atoms with Crippen LogP contribution in [0.25, 0.3) is 0 Å². The number of sulfonamides is 1. The molecule has 0 aromatic carbocycles. The van der Waals surface area contributed by atoms with Crippen LogP contribution in [0.3, 0.4) is 0 Å². The lowest BCUT2D eigenvalue weighted by molar-refractivity contribution is -0.149. The van der Waals surface area contributed by atoms with E-state index in [0.29, 0.717) is 32.7 Å². The molecule has 0 aromatic rings. The highest BCUT2D eigenvalue weighted by molar-refractivity contribution is 7.89. The lowest BCUT2D eigenvalue weighted by Crippen LogP contribution is -2.55. The molecule has 19 heavy (non-hydrogen) atoms. The lowest BCUT2D eigenvalue weighted by Gasteiger charge is -2.36. The smallest absolute Gasteiger partial charge is 0.326 e. The van der Waals surface area contributed by atoms with Crippen molar-refractivity contribution in [2.45, 2.75) is 24.1 Å². The maximum Gasteiger partial charge on any atom is 0.326 e. The summed E-state index contributed by atoms with van der Waals surface area (Å²) in [5.41, 5.74) is 0. The van der Waals surface area contributed by atoms with E-state index in [0.717, 1.165) is 0 Å². The second kappa shape index (κ2) is 6.17. The van der Waals surface area contributed by atoms with Gasteiger partial charge in [0.2, 0.25) is 10.0 Å². The Labute approximate surface area is 112 Å². The van der Waals surface area contributed by atoms with E-state index in [1.54, 1.807) is 0 Å². The molecule has 0 N–H and O–H groups in total. The fraction of sp³-hybridized carbons (Fsp3) is 0.909. The van der Waals surface area contributed by atoms with Crippen LogP contribution in [0.1, 0.15) is 12.8 Å². The van der Waals surface area contributed by atoms with Crippen LogP contribution < -0.4 is 0 Å². The summed E-state index contributed by atoms with van der Waals surface area (Å²) in [6.45, 7) is 1.43. The largest absolute Gasteiger partial charge is 0.468 e. The summed E-state index contributed by atoms with van der Waals surface area (Å²) in [5, 5.41) is -0.480. The minimum absolute atomic E-state index is 0.0507. The number of ether oxygens (including phenoxy) is 3. The van der Waals surface area contributed by atoms with Crippen molar-refractivity contribution in [1.82, 2.24) is 4.31 Å². The molecule has 0 aromatic heterocycles. The highest BCUT2D eigenvalue weighted by Crippen LogP contribution is 2.23. The average Bonchev–Trinajstić information content (AvgIpc) is 2.47. The lowest BCUT2D eigenvalue weighted by atomic mass is 10.2. The quantitative estimate of drug-likeness (QED) is 0.644. The average molecular weight is 293 g/mol. The van der Waals surface area contributed by atoms with Crippen molar-refractivity contribution < 1.29 is 27.4 Å². The first-order valence-corrected chi connectivity index (χ1v) is 7.81. The van der Waals surface area contributed by atoms with Crippen molar-refractivity contribution in [3.05, 3.63) is 0 Å². The molecule has 2 aliphatic heterocycles. The van der Waals surface area contributed by atoms with E-state index in [-0.39, 0.29) is 13.2 Å². The van der Waals surface area contributed by atoms with Crippen LogP contribution in [-0.4, -0.2) is 70.1 Å². The van der Waals surface area contributed by atoms with Crippen molar-refractivity contribution in [3.8, 4) is 0 Å². The minimum Gasteiger partial charge on any atom is -0.468 e. The number of nitrogens with zero attached hydrogens (tertiary/aromatic N) is 1. The molecule has 8 heteroatoms. The van der Waals surface area contributed by atoms with Crippen molar-refractivity contribution >= 4 is 16.0 Å². The van der Waals surface area contributed by atoms with Gasteiger partial charge in [-0.1, -0.05) is 0 Å². The molecule has 2 aliphatic rings. The van der Waals surface area contributed by atoms with Crippen LogP contribution in [0.15, 0.2) is 0 Å². The van der Waals surface area contributed by atoms with Gasteiger partial charge in [-0.05, 0) is 12.8 Å². The molecule has 2 saturated heterocycles. The van der Waals surface area contributed by atoms with Crippen molar-refractivity contribution in [2.24, 2.45) is 0 Å². The molecular formula is C11H19NO6S. The molecule has 0 spiro atoms. The molecule has 0 radical (unpaired) electrons. The SMILES string of the molecule is COC(=O)C1COCCN1S(=O)(=O)C1CCOCC1. The van der Waals surface area contributed by atoms with Crippen molar-refractivity contribution in [3.63, 3.8) is 0 Å². The minimum atomic E-state index is -3.52. The third kappa shape index (κ3) is 3.07. The van der Waals surface area contributed by atoms with Gasteiger partial charge in [0, 0.05) is 19.8 Å². The number of methoxy groups -OCH3 is 1. The van der Waals surface area contributed by atoms with Gasteiger partial charge in [0.15, 0.2) is 0 Å². The van der Waals surface area contributed by atoms with Crippen LogP contribution >= 0.6 is 0 Å². The normalized spacial score (nSPS) is 27.1. The van der Waals surface area contributed by atoms with Crippen LogP contribution in [0, 0.1) is 0 Å². The van der Waals surface area contributed by atoms with Crippen molar-refractivity contribution in [2.75, 3.05) is 40.1 Å². The number of hydrogen-bond acceptors (Lipinski definition) is 6. The maximum atomic E-state index is 12.6. The maximum absolute atomic E-state index is 12.6. The van der Waals surface area contributed by atoms with Crippen LogP contribution in [0.4, 0.5) is 0 Å². The summed E-state index contributed by atoms with van der Waals surface area (Å²) >= 11 is 0. The zero-order valence-corrected chi connectivity index (χ0v) is 11.7. The zero-order chi connectivity index (χ0) is 13.9. The molecule has 2 heterocycles. The predicted molar refractivity (Wildman–Crippen MR) is 66.1 cm³/mol. The number of hydrogen-bond donors (Lipinski definition) is 0. The van der Waals surface area contributed by atoms with Crippen molar-refractivity contribution in [1.29, 1.82) is 0 Å². The molecule has 1 unspecified atom stereocenters. The van der Waals surface area contributed by atoms with Gasteiger partial charge in [-0.25, -0.2) is 8.42 Å². The van der Waals surface area contributed by atoms with Crippen LogP contribution in [0.2, 0.25) is 0 Å². The molecule has 0 saturated carbocycles. The molecule has 7 nitrogen and oxygen atoms in total. The van der Waals surface area contributed by atoms with E-state index >= 15 is 0 Å². The van der Waals surface area contributed by atoms with Crippen LogP contribution in [-0.2, 0) is 29.0 Å². The highest BCUT2D eigenvalue weighted by Gasteiger charge is 2.42. The molecule has 2 fully saturated rings. The summed E-state index contributed by atoms with van der Waals surface area (Å²) in [6.07, 6.45) is 0.932. The standard InChI is InChI=1S/C11H19NO6S/c1-16-11(13)10-8-18-7-4-12(10)19(14,15)9-2-5-17-6-3-9/h9-10H,2-8H2,1H3. The summed E-state index contributed by atoms with van der Waals surface area (Å²) in [6, 6.07) is -0.869. The fourth-order valence-corrected chi connectivity index (χ4v) is 4.38. The molecule has 0 bridgehead atoms. The third-order valence-electron chi connectivity index (χ3n) is 3.47. The topological polar surface area (TPSA) is 82.1 Å². The first-order chi connectivity index (χ1) is 9.07. The molecular weight excluding hydrogens is 274 g/mol. The second-order valence-corrected chi connectivity index (χ2v) is 6.75. The summed E-state index contributed by atoms with van der Waals surface area (Å²) in [5.74, 6) is -0.574. The number of carbonyl (C=O) groups is 1. The molecule has 2 rings (SSSR count). The fourth-order valence-electron chi connectivity index (χ4n) is 2.38. The second-order valence-electron chi connectivity index (χ2n) is 4.58. The number of morpholine rings is 1. The molecule has 0 aliphatic carbocycles. The van der Waals surface area contributed by atoms with Gasteiger partial charge in [0.25, 0.3) is 0 Å². The Balaban J connectivity index is 2.18. The summed E-state index contributed by atoms with van der Waals surface area (Å²) in [7, 11) is -2.27.